The number of alkyl halides is 2. The zero-order valence-corrected chi connectivity index (χ0v) is 19.5. The molecule has 0 bridgehead atoms. The Bertz CT molecular complexity index is 1340. The summed E-state index contributed by atoms with van der Waals surface area (Å²) >= 11 is 6.05. The molecule has 0 saturated heterocycles. The number of carbonyl (C=O) groups excluding carboxylic acids is 1. The van der Waals surface area contributed by atoms with Gasteiger partial charge in [-0.3, -0.25) is 4.79 Å². The lowest BCUT2D eigenvalue weighted by molar-refractivity contribution is -0.115. The van der Waals surface area contributed by atoms with Crippen molar-refractivity contribution in [2.24, 2.45) is 4.40 Å². The van der Waals surface area contributed by atoms with Gasteiger partial charge in [-0.25, -0.2) is 9.07 Å². The number of rotatable bonds is 8. The first kappa shape index (κ1) is 25.2. The monoisotopic (exact) mass is 513 g/mol. The Balaban J connectivity index is 2.06. The van der Waals surface area contributed by atoms with E-state index in [1.165, 1.54) is 25.1 Å². The molecule has 1 amide bonds. The average molecular weight is 514 g/mol. The summed E-state index contributed by atoms with van der Waals surface area (Å²) in [4.78, 5) is 12.9. The number of hydrogen-bond acceptors (Lipinski definition) is 4. The molecule has 0 unspecified atom stereocenters. The second-order valence-corrected chi connectivity index (χ2v) is 9.24. The summed E-state index contributed by atoms with van der Waals surface area (Å²) < 4.78 is 70.9. The molecule has 1 aromatic heterocycles. The number of benzene rings is 2. The molecule has 13 heteroatoms. The van der Waals surface area contributed by atoms with Gasteiger partial charge in [0.05, 0.1) is 18.3 Å². The molecule has 34 heavy (non-hydrogen) atoms. The smallest absolute Gasteiger partial charge is 0.333 e. The van der Waals surface area contributed by atoms with Gasteiger partial charge in [-0.2, -0.15) is 22.3 Å². The van der Waals surface area contributed by atoms with Gasteiger partial charge in [-0.05, 0) is 17.7 Å². The summed E-state index contributed by atoms with van der Waals surface area (Å²) in [6.07, 6.45) is 2.61. The summed E-state index contributed by atoms with van der Waals surface area (Å²) in [5.41, 5.74) is -0.265. The van der Waals surface area contributed by atoms with Crippen molar-refractivity contribution in [1.82, 2.24) is 14.7 Å². The molecule has 0 aliphatic carbocycles. The quantitative estimate of drug-likeness (QED) is 0.360. The molecule has 1 heterocycles. The van der Waals surface area contributed by atoms with E-state index in [4.69, 9.17) is 11.6 Å². The summed E-state index contributed by atoms with van der Waals surface area (Å²) in [5, 5.41) is 6.13. The average Bonchev–Trinajstić information content (AvgIpc) is 3.26. The second kappa shape index (κ2) is 10.3. The fourth-order valence-corrected chi connectivity index (χ4v) is 4.36. The molecular weight excluding hydrogens is 495 g/mol. The lowest BCUT2D eigenvalue weighted by atomic mass is 10.1. The van der Waals surface area contributed by atoms with E-state index in [1.54, 1.807) is 24.3 Å². The van der Waals surface area contributed by atoms with Crippen molar-refractivity contribution < 1.29 is 26.4 Å². The number of hydrogen-bond donors (Lipinski definition) is 1. The van der Waals surface area contributed by atoms with Gasteiger partial charge in [0.25, 0.3) is 10.0 Å². The number of aromatic nitrogens is 2. The largest absolute Gasteiger partial charge is 0.368 e. The normalized spacial score (nSPS) is 11.9. The van der Waals surface area contributed by atoms with Crippen molar-refractivity contribution in [1.29, 1.82) is 0 Å². The first-order valence-corrected chi connectivity index (χ1v) is 11.5. The predicted molar refractivity (Wildman–Crippen MR) is 122 cm³/mol. The number of halogens is 4. The number of nitrogens with zero attached hydrogens (tertiary/aromatic N) is 4. The minimum absolute atomic E-state index is 0.0771. The molecular formula is C21H19ClF3N5O3S. The van der Waals surface area contributed by atoms with Gasteiger partial charge in [0.1, 0.15) is 11.2 Å². The number of anilines is 1. The standard InChI is InChI=1S/C21H19ClF3N5O3S/c1-29(2)12-27-34(32,33)20-15(14-10-26-30(11-14)21(24)25)7-8-17(19(20)23)28-18(31)9-13-5-3-4-6-16(13)22/h3-8,10-12,21H,9H2,1-2H3,(H,28,31)/b27-12+. The maximum atomic E-state index is 15.5. The maximum Gasteiger partial charge on any atom is 0.333 e. The Labute approximate surface area is 198 Å². The SMILES string of the molecule is CN(C)/C=N/S(=O)(=O)c1c(-c2cnn(C(F)F)c2)ccc(NC(=O)Cc2ccccc2Cl)c1F. The van der Waals surface area contributed by atoms with Crippen molar-refractivity contribution in [3.05, 3.63) is 65.2 Å². The van der Waals surface area contributed by atoms with E-state index < -0.39 is 38.9 Å². The number of amides is 1. The third-order valence-electron chi connectivity index (χ3n) is 4.47. The highest BCUT2D eigenvalue weighted by Crippen LogP contribution is 2.35. The van der Waals surface area contributed by atoms with Crippen LogP contribution in [0.1, 0.15) is 12.1 Å². The fraction of sp³-hybridized carbons (Fsp3) is 0.190. The molecule has 3 rings (SSSR count). The van der Waals surface area contributed by atoms with Crippen LogP contribution >= 0.6 is 11.6 Å². The number of carbonyl (C=O) groups is 1. The Hall–Kier alpha value is -3.38. The van der Waals surface area contributed by atoms with Crippen LogP contribution in [0.25, 0.3) is 11.1 Å². The summed E-state index contributed by atoms with van der Waals surface area (Å²) in [6.45, 7) is -2.98. The molecule has 0 spiro atoms. The molecule has 180 valence electrons. The molecule has 0 fully saturated rings. The predicted octanol–water partition coefficient (Wildman–Crippen LogP) is 4.20. The lowest BCUT2D eigenvalue weighted by Crippen LogP contribution is -2.17. The molecule has 1 N–H and O–H groups in total. The third kappa shape index (κ3) is 5.75. The topological polar surface area (TPSA) is 96.7 Å². The first-order valence-electron chi connectivity index (χ1n) is 9.65. The third-order valence-corrected chi connectivity index (χ3v) is 6.12. The van der Waals surface area contributed by atoms with Crippen LogP contribution in [0.5, 0.6) is 0 Å². The van der Waals surface area contributed by atoms with Crippen LogP contribution in [0.15, 0.2) is 58.1 Å². The van der Waals surface area contributed by atoms with Crippen molar-refractivity contribution >= 4 is 39.6 Å². The molecule has 0 saturated carbocycles. The molecule has 0 aliphatic heterocycles. The molecule has 0 aliphatic rings. The van der Waals surface area contributed by atoms with Crippen LogP contribution in [0.3, 0.4) is 0 Å². The van der Waals surface area contributed by atoms with E-state index >= 15 is 4.39 Å². The van der Waals surface area contributed by atoms with E-state index in [9.17, 15) is 22.0 Å². The van der Waals surface area contributed by atoms with Gasteiger partial charge in [0.15, 0.2) is 5.82 Å². The number of nitrogens with one attached hydrogen (secondary N) is 1. The van der Waals surface area contributed by atoms with Crippen LogP contribution in [0.2, 0.25) is 5.02 Å². The highest BCUT2D eigenvalue weighted by Gasteiger charge is 2.28. The molecule has 0 atom stereocenters. The van der Waals surface area contributed by atoms with Crippen molar-refractivity contribution in [2.75, 3.05) is 19.4 Å². The minimum atomic E-state index is -4.64. The fourth-order valence-electron chi connectivity index (χ4n) is 2.93. The van der Waals surface area contributed by atoms with Crippen molar-refractivity contribution in [3.63, 3.8) is 0 Å². The second-order valence-electron chi connectivity index (χ2n) is 7.27. The maximum absolute atomic E-state index is 15.5. The van der Waals surface area contributed by atoms with Gasteiger partial charge in [0.2, 0.25) is 5.91 Å². The van der Waals surface area contributed by atoms with Crippen LogP contribution in [-0.2, 0) is 21.2 Å². The van der Waals surface area contributed by atoms with Gasteiger partial charge in [0, 0.05) is 36.4 Å². The van der Waals surface area contributed by atoms with Crippen LogP contribution in [0.4, 0.5) is 18.9 Å². The van der Waals surface area contributed by atoms with Gasteiger partial charge >= 0.3 is 6.55 Å². The molecule has 2 aromatic carbocycles. The van der Waals surface area contributed by atoms with Gasteiger partial charge in [-0.1, -0.05) is 35.9 Å². The summed E-state index contributed by atoms with van der Waals surface area (Å²) in [6, 6.07) is 8.88. The highest BCUT2D eigenvalue weighted by atomic mass is 35.5. The van der Waals surface area contributed by atoms with E-state index in [1.807, 2.05) is 0 Å². The Morgan fingerprint density at radius 1 is 1.26 bits per heavy atom. The summed E-state index contributed by atoms with van der Waals surface area (Å²) in [7, 11) is -1.63. The van der Waals surface area contributed by atoms with Crippen LogP contribution in [-0.4, -0.2) is 49.4 Å². The lowest BCUT2D eigenvalue weighted by Gasteiger charge is -2.13. The summed E-state index contributed by atoms with van der Waals surface area (Å²) in [5.74, 6) is -1.95. The Morgan fingerprint density at radius 3 is 2.59 bits per heavy atom. The molecule has 3 aromatic rings. The zero-order chi connectivity index (χ0) is 25.0. The zero-order valence-electron chi connectivity index (χ0n) is 17.9. The van der Waals surface area contributed by atoms with E-state index in [2.05, 4.69) is 14.8 Å². The van der Waals surface area contributed by atoms with Gasteiger partial charge in [-0.15, -0.1) is 4.40 Å². The van der Waals surface area contributed by atoms with Gasteiger partial charge < -0.3 is 10.2 Å². The number of sulfonamides is 1. The first-order chi connectivity index (χ1) is 16.0. The Morgan fingerprint density at radius 2 is 1.97 bits per heavy atom. The molecule has 8 nitrogen and oxygen atoms in total. The van der Waals surface area contributed by atoms with E-state index in [-0.39, 0.29) is 17.5 Å². The van der Waals surface area contributed by atoms with E-state index in [0.29, 0.717) is 15.3 Å². The van der Waals surface area contributed by atoms with E-state index in [0.717, 1.165) is 24.8 Å². The van der Waals surface area contributed by atoms with Crippen LogP contribution in [0, 0.1) is 5.82 Å². The van der Waals surface area contributed by atoms with Crippen molar-refractivity contribution in [2.45, 2.75) is 17.9 Å². The molecule has 0 radical (unpaired) electrons. The minimum Gasteiger partial charge on any atom is -0.368 e. The highest BCUT2D eigenvalue weighted by molar-refractivity contribution is 7.90. The van der Waals surface area contributed by atoms with Crippen molar-refractivity contribution in [3.8, 4) is 11.1 Å². The van der Waals surface area contributed by atoms with Crippen LogP contribution < -0.4 is 5.32 Å². The Kier molecular flexibility index (Phi) is 7.62.